The van der Waals surface area contributed by atoms with E-state index >= 15 is 0 Å². The molecular weight excluding hydrogens is 278 g/mol. The first kappa shape index (κ1) is 16.5. The molecule has 0 aliphatic heterocycles. The molecule has 1 heterocycles. The molecule has 0 saturated carbocycles. The summed E-state index contributed by atoms with van der Waals surface area (Å²) < 4.78 is 5.51. The van der Waals surface area contributed by atoms with E-state index in [2.05, 4.69) is 5.32 Å². The van der Waals surface area contributed by atoms with Gasteiger partial charge in [-0.2, -0.15) is 0 Å². The number of carboxylic acids is 1. The van der Waals surface area contributed by atoms with E-state index < -0.39 is 12.1 Å². The second-order valence-corrected chi connectivity index (χ2v) is 5.78. The van der Waals surface area contributed by atoms with E-state index in [4.69, 9.17) is 9.84 Å². The van der Waals surface area contributed by atoms with E-state index in [9.17, 15) is 9.59 Å². The first-order valence-corrected chi connectivity index (χ1v) is 7.53. The van der Waals surface area contributed by atoms with Crippen molar-refractivity contribution in [3.05, 3.63) is 15.8 Å². The van der Waals surface area contributed by atoms with Crippen molar-refractivity contribution in [3.63, 3.8) is 0 Å². The lowest BCUT2D eigenvalue weighted by Gasteiger charge is -2.17. The van der Waals surface area contributed by atoms with Crippen LogP contribution in [-0.4, -0.2) is 29.1 Å². The van der Waals surface area contributed by atoms with Crippen LogP contribution in [0.15, 0.2) is 6.07 Å². The summed E-state index contributed by atoms with van der Waals surface area (Å²) in [5, 5.41) is 12.0. The van der Waals surface area contributed by atoms with Crippen LogP contribution in [0.25, 0.3) is 0 Å². The molecule has 1 aromatic heterocycles. The Balaban J connectivity index is 2.79. The highest BCUT2D eigenvalue weighted by Gasteiger charge is 2.22. The Morgan fingerprint density at radius 1 is 1.40 bits per heavy atom. The van der Waals surface area contributed by atoms with E-state index in [1.165, 1.54) is 11.3 Å². The summed E-state index contributed by atoms with van der Waals surface area (Å²) in [4.78, 5) is 24.1. The highest BCUT2D eigenvalue weighted by molar-refractivity contribution is 7.14. The summed E-state index contributed by atoms with van der Waals surface area (Å²) in [5.74, 6) is -0.995. The molecule has 1 rings (SSSR count). The Morgan fingerprint density at radius 2 is 2.05 bits per heavy atom. The van der Waals surface area contributed by atoms with Crippen LogP contribution < -0.4 is 10.1 Å². The fourth-order valence-electron chi connectivity index (χ4n) is 1.54. The summed E-state index contributed by atoms with van der Waals surface area (Å²) >= 11 is 1.18. The lowest BCUT2D eigenvalue weighted by atomic mass is 10.2. The minimum Gasteiger partial charge on any atom is -0.479 e. The largest absolute Gasteiger partial charge is 0.479 e. The van der Waals surface area contributed by atoms with Crippen molar-refractivity contribution in [2.45, 2.75) is 52.7 Å². The van der Waals surface area contributed by atoms with Crippen LogP contribution in [0, 0.1) is 0 Å². The van der Waals surface area contributed by atoms with Crippen molar-refractivity contribution < 1.29 is 19.4 Å². The zero-order valence-electron chi connectivity index (χ0n) is 12.2. The standard InChI is InChI=1S/C14H21NO4S/c1-5-8(3)15-13(16)9(4)19-11-7-10(6-2)20-12(11)14(17)18/h7-9H,5-6H2,1-4H3,(H,15,16)(H,17,18). The second kappa shape index (κ2) is 7.28. The fraction of sp³-hybridized carbons (Fsp3) is 0.571. The summed E-state index contributed by atoms with van der Waals surface area (Å²) in [6.45, 7) is 7.45. The van der Waals surface area contributed by atoms with Gasteiger partial charge in [-0.3, -0.25) is 4.79 Å². The van der Waals surface area contributed by atoms with Crippen molar-refractivity contribution >= 4 is 23.2 Å². The molecule has 6 heteroatoms. The predicted octanol–water partition coefficient (Wildman–Crippen LogP) is 2.69. The van der Waals surface area contributed by atoms with Crippen molar-refractivity contribution in [1.82, 2.24) is 5.32 Å². The molecule has 0 saturated heterocycles. The van der Waals surface area contributed by atoms with Gasteiger partial charge in [0.05, 0.1) is 0 Å². The van der Waals surface area contributed by atoms with E-state index in [0.717, 1.165) is 17.7 Å². The number of carbonyl (C=O) groups excluding carboxylic acids is 1. The molecule has 2 N–H and O–H groups in total. The first-order chi connectivity index (χ1) is 9.38. The first-order valence-electron chi connectivity index (χ1n) is 6.72. The average Bonchev–Trinajstić information content (AvgIpc) is 2.81. The summed E-state index contributed by atoms with van der Waals surface area (Å²) in [5.41, 5.74) is 0. The molecular formula is C14H21NO4S. The van der Waals surface area contributed by atoms with Crippen molar-refractivity contribution in [2.75, 3.05) is 0 Å². The van der Waals surface area contributed by atoms with Crippen molar-refractivity contribution in [3.8, 4) is 5.75 Å². The van der Waals surface area contributed by atoms with Crippen LogP contribution in [0.4, 0.5) is 0 Å². The zero-order valence-corrected chi connectivity index (χ0v) is 13.0. The molecule has 0 fully saturated rings. The van der Waals surface area contributed by atoms with Gasteiger partial charge in [-0.15, -0.1) is 11.3 Å². The van der Waals surface area contributed by atoms with Gasteiger partial charge in [0.2, 0.25) is 0 Å². The van der Waals surface area contributed by atoms with Crippen LogP contribution in [0.1, 0.15) is 48.7 Å². The number of amides is 1. The molecule has 0 radical (unpaired) electrons. The molecule has 0 aliphatic rings. The van der Waals surface area contributed by atoms with Gasteiger partial charge >= 0.3 is 5.97 Å². The van der Waals surface area contributed by atoms with E-state index in [0.29, 0.717) is 0 Å². The number of carbonyl (C=O) groups is 2. The number of nitrogens with one attached hydrogen (secondary N) is 1. The molecule has 0 bridgehead atoms. The van der Waals surface area contributed by atoms with Crippen molar-refractivity contribution in [1.29, 1.82) is 0 Å². The van der Waals surface area contributed by atoms with E-state index in [-0.39, 0.29) is 22.6 Å². The number of aromatic carboxylic acids is 1. The van der Waals surface area contributed by atoms with E-state index in [1.807, 2.05) is 20.8 Å². The fourth-order valence-corrected chi connectivity index (χ4v) is 2.41. The topological polar surface area (TPSA) is 75.6 Å². The Morgan fingerprint density at radius 3 is 2.55 bits per heavy atom. The van der Waals surface area contributed by atoms with Gasteiger partial charge in [0.1, 0.15) is 5.75 Å². The van der Waals surface area contributed by atoms with Gasteiger partial charge in [-0.1, -0.05) is 13.8 Å². The Kier molecular flexibility index (Phi) is 6.01. The third kappa shape index (κ3) is 4.23. The number of rotatable bonds is 7. The molecule has 5 nitrogen and oxygen atoms in total. The van der Waals surface area contributed by atoms with Gasteiger partial charge in [0, 0.05) is 10.9 Å². The molecule has 0 aliphatic carbocycles. The SMILES string of the molecule is CCc1cc(OC(C)C(=O)NC(C)CC)c(C(=O)O)s1. The van der Waals surface area contributed by atoms with Gasteiger partial charge < -0.3 is 15.2 Å². The maximum absolute atomic E-state index is 11.9. The number of hydrogen-bond acceptors (Lipinski definition) is 4. The Labute approximate surface area is 123 Å². The van der Waals surface area contributed by atoms with Gasteiger partial charge in [0.25, 0.3) is 5.91 Å². The predicted molar refractivity (Wildman–Crippen MR) is 78.6 cm³/mol. The summed E-state index contributed by atoms with van der Waals surface area (Å²) in [7, 11) is 0. The monoisotopic (exact) mass is 299 g/mol. The highest BCUT2D eigenvalue weighted by Crippen LogP contribution is 2.30. The highest BCUT2D eigenvalue weighted by atomic mass is 32.1. The minimum atomic E-state index is -1.03. The normalized spacial score (nSPS) is 13.6. The van der Waals surface area contributed by atoms with Crippen molar-refractivity contribution in [2.24, 2.45) is 0 Å². The van der Waals surface area contributed by atoms with Gasteiger partial charge in [0.15, 0.2) is 11.0 Å². The lowest BCUT2D eigenvalue weighted by molar-refractivity contribution is -0.127. The third-order valence-corrected chi connectivity index (χ3v) is 4.21. The zero-order chi connectivity index (χ0) is 15.3. The smallest absolute Gasteiger partial charge is 0.349 e. The van der Waals surface area contributed by atoms with Crippen LogP contribution in [0.3, 0.4) is 0 Å². The number of thiophene rings is 1. The number of aryl methyl sites for hydroxylation is 1. The molecule has 1 aromatic rings. The van der Waals surface area contributed by atoms with Crippen LogP contribution in [0.2, 0.25) is 0 Å². The molecule has 2 unspecified atom stereocenters. The third-order valence-electron chi connectivity index (χ3n) is 2.97. The lowest BCUT2D eigenvalue weighted by Crippen LogP contribution is -2.41. The van der Waals surface area contributed by atoms with Crippen LogP contribution in [0.5, 0.6) is 5.75 Å². The molecule has 0 aromatic carbocycles. The molecule has 0 spiro atoms. The summed E-state index contributed by atoms with van der Waals surface area (Å²) in [6.07, 6.45) is 0.848. The maximum atomic E-state index is 11.9. The van der Waals surface area contributed by atoms with Gasteiger partial charge in [-0.05, 0) is 32.8 Å². The molecule has 20 heavy (non-hydrogen) atoms. The maximum Gasteiger partial charge on any atom is 0.349 e. The van der Waals surface area contributed by atoms with Crippen LogP contribution >= 0.6 is 11.3 Å². The number of ether oxygens (including phenoxy) is 1. The number of carboxylic acid groups (broad SMARTS) is 1. The minimum absolute atomic E-state index is 0.0705. The number of hydrogen-bond donors (Lipinski definition) is 2. The van der Waals surface area contributed by atoms with E-state index in [1.54, 1.807) is 13.0 Å². The Hall–Kier alpha value is -1.56. The quantitative estimate of drug-likeness (QED) is 0.811. The molecule has 1 amide bonds. The Bertz CT molecular complexity index is 484. The molecule has 2 atom stereocenters. The van der Waals surface area contributed by atoms with Crippen LogP contribution in [-0.2, 0) is 11.2 Å². The average molecular weight is 299 g/mol. The summed E-state index contributed by atoms with van der Waals surface area (Å²) in [6, 6.07) is 1.77. The molecule has 112 valence electrons. The van der Waals surface area contributed by atoms with Gasteiger partial charge in [-0.25, -0.2) is 4.79 Å². The second-order valence-electron chi connectivity index (χ2n) is 4.64.